The van der Waals surface area contributed by atoms with Gasteiger partial charge in [-0.05, 0) is 54.4 Å². The lowest BCUT2D eigenvalue weighted by molar-refractivity contribution is 0.963. The van der Waals surface area contributed by atoms with Gasteiger partial charge in [0.2, 0.25) is 5.95 Å². The van der Waals surface area contributed by atoms with Crippen molar-refractivity contribution in [3.8, 4) is 0 Å². The zero-order chi connectivity index (χ0) is 14.5. The van der Waals surface area contributed by atoms with E-state index in [1.807, 2.05) is 6.92 Å². The highest BCUT2D eigenvalue weighted by Gasteiger charge is 2.14. The lowest BCUT2D eigenvalue weighted by Gasteiger charge is -2.24. The summed E-state index contributed by atoms with van der Waals surface area (Å²) in [5, 5.41) is 3.15. The minimum absolute atomic E-state index is 0.650. The van der Waals surface area contributed by atoms with E-state index in [4.69, 9.17) is 0 Å². The van der Waals surface area contributed by atoms with Crippen molar-refractivity contribution >= 4 is 33.4 Å². The van der Waals surface area contributed by atoms with Crippen LogP contribution in [0.15, 0.2) is 34.9 Å². The number of anilines is 3. The average molecular weight is 335 g/mol. The Morgan fingerprint density at radius 2 is 2.10 bits per heavy atom. The van der Waals surface area contributed by atoms with Crippen LogP contribution in [-0.2, 0) is 0 Å². The van der Waals surface area contributed by atoms with Crippen LogP contribution >= 0.6 is 15.9 Å². The standard InChI is InChI=1S/C15H19BrN4/c1-4-17-15-18-10-13(16)14(19-15)20(5-2)12-8-6-7-11(3)9-12/h6-10H,4-5H2,1-3H3,(H,17,18,19). The maximum absolute atomic E-state index is 4.60. The second-order valence-corrected chi connectivity index (χ2v) is 5.33. The second kappa shape index (κ2) is 6.70. The monoisotopic (exact) mass is 334 g/mol. The molecule has 0 saturated carbocycles. The number of hydrogen-bond acceptors (Lipinski definition) is 4. The predicted molar refractivity (Wildman–Crippen MR) is 87.8 cm³/mol. The first-order valence-corrected chi connectivity index (χ1v) is 7.55. The molecule has 1 aromatic heterocycles. The smallest absolute Gasteiger partial charge is 0.224 e. The maximum Gasteiger partial charge on any atom is 0.224 e. The minimum Gasteiger partial charge on any atom is -0.354 e. The van der Waals surface area contributed by atoms with Crippen LogP contribution in [-0.4, -0.2) is 23.1 Å². The molecule has 106 valence electrons. The summed E-state index contributed by atoms with van der Waals surface area (Å²) in [6, 6.07) is 8.41. The fourth-order valence-electron chi connectivity index (χ4n) is 2.04. The molecule has 1 N–H and O–H groups in total. The summed E-state index contributed by atoms with van der Waals surface area (Å²) >= 11 is 3.54. The fourth-order valence-corrected chi connectivity index (χ4v) is 2.45. The first-order chi connectivity index (χ1) is 9.65. The van der Waals surface area contributed by atoms with Gasteiger partial charge in [0.25, 0.3) is 0 Å². The highest BCUT2D eigenvalue weighted by Crippen LogP contribution is 2.30. The van der Waals surface area contributed by atoms with E-state index in [1.54, 1.807) is 6.20 Å². The molecule has 4 nitrogen and oxygen atoms in total. The Kier molecular flexibility index (Phi) is 4.95. The normalized spacial score (nSPS) is 10.4. The highest BCUT2D eigenvalue weighted by molar-refractivity contribution is 9.10. The van der Waals surface area contributed by atoms with Crippen molar-refractivity contribution in [2.24, 2.45) is 0 Å². The molecule has 0 bridgehead atoms. The van der Waals surface area contributed by atoms with Crippen LogP contribution in [0.4, 0.5) is 17.5 Å². The molecule has 0 fully saturated rings. The van der Waals surface area contributed by atoms with Crippen molar-refractivity contribution in [3.63, 3.8) is 0 Å². The van der Waals surface area contributed by atoms with E-state index >= 15 is 0 Å². The van der Waals surface area contributed by atoms with Gasteiger partial charge in [0.05, 0.1) is 4.47 Å². The fraction of sp³-hybridized carbons (Fsp3) is 0.333. The quantitative estimate of drug-likeness (QED) is 0.892. The molecular weight excluding hydrogens is 316 g/mol. The molecule has 0 amide bonds. The summed E-state index contributed by atoms with van der Waals surface area (Å²) in [4.78, 5) is 11.0. The SMILES string of the molecule is CCNc1ncc(Br)c(N(CC)c2cccc(C)c2)n1. The molecule has 0 aliphatic heterocycles. The molecule has 0 aliphatic rings. The first-order valence-electron chi connectivity index (χ1n) is 6.76. The molecular formula is C15H19BrN4. The van der Waals surface area contributed by atoms with E-state index in [0.717, 1.165) is 29.1 Å². The van der Waals surface area contributed by atoms with E-state index < -0.39 is 0 Å². The van der Waals surface area contributed by atoms with E-state index in [1.165, 1.54) is 5.56 Å². The molecule has 1 aromatic carbocycles. The topological polar surface area (TPSA) is 41.1 Å². The molecule has 0 aliphatic carbocycles. The van der Waals surface area contributed by atoms with Crippen LogP contribution in [0.25, 0.3) is 0 Å². The molecule has 0 atom stereocenters. The first kappa shape index (κ1) is 14.8. The minimum atomic E-state index is 0.650. The second-order valence-electron chi connectivity index (χ2n) is 4.48. The molecule has 5 heteroatoms. The van der Waals surface area contributed by atoms with Crippen molar-refractivity contribution < 1.29 is 0 Å². The van der Waals surface area contributed by atoms with Crippen LogP contribution in [0, 0.1) is 6.92 Å². The Morgan fingerprint density at radius 1 is 1.30 bits per heavy atom. The molecule has 0 spiro atoms. The molecule has 0 saturated heterocycles. The number of nitrogens with zero attached hydrogens (tertiary/aromatic N) is 3. The molecule has 2 rings (SSSR count). The highest BCUT2D eigenvalue weighted by atomic mass is 79.9. The van der Waals surface area contributed by atoms with Gasteiger partial charge in [-0.1, -0.05) is 12.1 Å². The Bertz CT molecular complexity index is 586. The molecule has 20 heavy (non-hydrogen) atoms. The summed E-state index contributed by atoms with van der Waals surface area (Å²) in [7, 11) is 0. The average Bonchev–Trinajstić information content (AvgIpc) is 2.43. The summed E-state index contributed by atoms with van der Waals surface area (Å²) in [6.07, 6.45) is 1.79. The van der Waals surface area contributed by atoms with E-state index in [0.29, 0.717) is 5.95 Å². The van der Waals surface area contributed by atoms with Gasteiger partial charge in [0.1, 0.15) is 0 Å². The van der Waals surface area contributed by atoms with Crippen molar-refractivity contribution in [2.45, 2.75) is 20.8 Å². The third-order valence-electron chi connectivity index (χ3n) is 2.95. The molecule has 0 radical (unpaired) electrons. The summed E-state index contributed by atoms with van der Waals surface area (Å²) < 4.78 is 0.891. The van der Waals surface area contributed by atoms with Gasteiger partial charge < -0.3 is 10.2 Å². The lowest BCUT2D eigenvalue weighted by atomic mass is 10.2. The van der Waals surface area contributed by atoms with Crippen molar-refractivity contribution in [2.75, 3.05) is 23.3 Å². The van der Waals surface area contributed by atoms with E-state index in [2.05, 4.69) is 74.2 Å². The van der Waals surface area contributed by atoms with Crippen molar-refractivity contribution in [1.82, 2.24) is 9.97 Å². The van der Waals surface area contributed by atoms with Gasteiger partial charge in [-0.3, -0.25) is 0 Å². The van der Waals surface area contributed by atoms with Crippen LogP contribution in [0.5, 0.6) is 0 Å². The zero-order valence-corrected chi connectivity index (χ0v) is 13.6. The molecule has 0 unspecified atom stereocenters. The van der Waals surface area contributed by atoms with Crippen molar-refractivity contribution in [1.29, 1.82) is 0 Å². The summed E-state index contributed by atoms with van der Waals surface area (Å²) in [5.41, 5.74) is 2.37. The summed E-state index contributed by atoms with van der Waals surface area (Å²) in [5.74, 6) is 1.53. The zero-order valence-electron chi connectivity index (χ0n) is 12.0. The van der Waals surface area contributed by atoms with Crippen LogP contribution < -0.4 is 10.2 Å². The number of halogens is 1. The van der Waals surface area contributed by atoms with E-state index in [-0.39, 0.29) is 0 Å². The van der Waals surface area contributed by atoms with Crippen molar-refractivity contribution in [3.05, 3.63) is 40.5 Å². The van der Waals surface area contributed by atoms with Gasteiger partial charge >= 0.3 is 0 Å². The van der Waals surface area contributed by atoms with Crippen LogP contribution in [0.1, 0.15) is 19.4 Å². The summed E-state index contributed by atoms with van der Waals surface area (Å²) in [6.45, 7) is 7.88. The third kappa shape index (κ3) is 3.28. The third-order valence-corrected chi connectivity index (χ3v) is 3.51. The van der Waals surface area contributed by atoms with Gasteiger partial charge in [-0.25, -0.2) is 4.98 Å². The van der Waals surface area contributed by atoms with Crippen LogP contribution in [0.3, 0.4) is 0 Å². The Hall–Kier alpha value is -1.62. The number of nitrogens with one attached hydrogen (secondary N) is 1. The Morgan fingerprint density at radius 3 is 2.75 bits per heavy atom. The number of benzene rings is 1. The molecule has 1 heterocycles. The largest absolute Gasteiger partial charge is 0.354 e. The van der Waals surface area contributed by atoms with Gasteiger partial charge in [0, 0.05) is 25.0 Å². The number of rotatable bonds is 5. The molecule has 2 aromatic rings. The number of hydrogen-bond donors (Lipinski definition) is 1. The predicted octanol–water partition coefficient (Wildman–Crippen LogP) is 4.14. The van der Waals surface area contributed by atoms with Gasteiger partial charge in [-0.15, -0.1) is 0 Å². The maximum atomic E-state index is 4.60. The number of aromatic nitrogens is 2. The van der Waals surface area contributed by atoms with Gasteiger partial charge in [-0.2, -0.15) is 4.98 Å². The lowest BCUT2D eigenvalue weighted by Crippen LogP contribution is -2.19. The number of aryl methyl sites for hydroxylation is 1. The Balaban J connectivity index is 2.43. The van der Waals surface area contributed by atoms with Gasteiger partial charge in [0.15, 0.2) is 5.82 Å². The Labute approximate surface area is 128 Å². The van der Waals surface area contributed by atoms with E-state index in [9.17, 15) is 0 Å². The van der Waals surface area contributed by atoms with Crippen LogP contribution in [0.2, 0.25) is 0 Å².